The van der Waals surface area contributed by atoms with E-state index >= 15 is 0 Å². The zero-order valence-electron chi connectivity index (χ0n) is 20.7. The van der Waals surface area contributed by atoms with Gasteiger partial charge in [0.2, 0.25) is 17.7 Å². The van der Waals surface area contributed by atoms with E-state index < -0.39 is 29.6 Å². The van der Waals surface area contributed by atoms with Crippen LogP contribution in [0.25, 0.3) is 0 Å². The molecule has 1 aromatic rings. The molecule has 0 aromatic heterocycles. The molecule has 6 atom stereocenters. The molecule has 3 fully saturated rings. The Balaban J connectivity index is 1.68. The van der Waals surface area contributed by atoms with Crippen molar-refractivity contribution in [3.63, 3.8) is 0 Å². The van der Waals surface area contributed by atoms with Crippen molar-refractivity contribution in [2.75, 3.05) is 25.0 Å². The highest BCUT2D eigenvalue weighted by Gasteiger charge is 2.76. The highest BCUT2D eigenvalue weighted by Crippen LogP contribution is 2.60. The number of halogens is 1. The van der Waals surface area contributed by atoms with Crippen molar-refractivity contribution < 1.29 is 24.2 Å². The van der Waals surface area contributed by atoms with Gasteiger partial charge in [-0.15, -0.1) is 0 Å². The molecule has 2 bridgehead atoms. The number of nitrogens with one attached hydrogen (secondary N) is 2. The number of aliphatic hydroxyl groups is 1. The molecular formula is C26H36BrN3O5. The molecule has 3 unspecified atom stereocenters. The molecule has 9 heteroatoms. The van der Waals surface area contributed by atoms with Gasteiger partial charge in [-0.05, 0) is 63.1 Å². The third-order valence-corrected chi connectivity index (χ3v) is 8.44. The number of carbonyl (C=O) groups is 3. The van der Waals surface area contributed by atoms with Gasteiger partial charge >= 0.3 is 0 Å². The van der Waals surface area contributed by atoms with E-state index in [9.17, 15) is 14.4 Å². The second kappa shape index (κ2) is 10.6. The van der Waals surface area contributed by atoms with Crippen LogP contribution < -0.4 is 10.6 Å². The Kier molecular flexibility index (Phi) is 7.88. The Morgan fingerprint density at radius 1 is 1.23 bits per heavy atom. The molecule has 3 aliphatic heterocycles. The standard InChI is InChI=1S/C26H36BrN3O5/c1-4-10-28-23(32)19-20-25(34)30(11-6-5-7-12-31)22(26(20)14-17(27)21(19)35-26)24(33)29-18-13-15(2)8-9-16(18)3/h8-9,13,17,19-22,31H,4-7,10-12,14H2,1-3H3,(H,28,32)(H,29,33)/t17?,19-,20-,21-,22?,26?/m0/s1. The minimum absolute atomic E-state index is 0.0901. The van der Waals surface area contributed by atoms with Gasteiger partial charge in [-0.1, -0.05) is 35.0 Å². The Labute approximate surface area is 215 Å². The van der Waals surface area contributed by atoms with Gasteiger partial charge in [-0.2, -0.15) is 0 Å². The van der Waals surface area contributed by atoms with Crippen LogP contribution in [0.3, 0.4) is 0 Å². The molecule has 0 aliphatic carbocycles. The lowest BCUT2D eigenvalue weighted by molar-refractivity contribution is -0.140. The SMILES string of the molecule is CCCNC(=O)[C@H]1[C@H]2C(=O)N(CCCCCO)C(C(=O)Nc3cc(C)ccc3C)C23CC(Br)[C@@H]1O3. The molecule has 3 aliphatic rings. The monoisotopic (exact) mass is 549 g/mol. The number of fused-ring (bicyclic) bond motifs is 1. The summed E-state index contributed by atoms with van der Waals surface area (Å²) in [4.78, 5) is 42.4. The molecule has 3 saturated heterocycles. The summed E-state index contributed by atoms with van der Waals surface area (Å²) in [6.07, 6.45) is 2.88. The van der Waals surface area contributed by atoms with E-state index in [1.54, 1.807) is 4.90 Å². The van der Waals surface area contributed by atoms with Gasteiger partial charge in [-0.25, -0.2) is 0 Å². The Morgan fingerprint density at radius 2 is 2.00 bits per heavy atom. The summed E-state index contributed by atoms with van der Waals surface area (Å²) < 4.78 is 6.49. The van der Waals surface area contributed by atoms with Gasteiger partial charge in [0.1, 0.15) is 11.6 Å². The number of amides is 3. The van der Waals surface area contributed by atoms with Crippen LogP contribution in [0.4, 0.5) is 5.69 Å². The summed E-state index contributed by atoms with van der Waals surface area (Å²) in [7, 11) is 0. The molecule has 1 aromatic carbocycles. The number of anilines is 1. The first-order chi connectivity index (χ1) is 16.7. The lowest BCUT2D eigenvalue weighted by atomic mass is 9.70. The molecule has 0 saturated carbocycles. The summed E-state index contributed by atoms with van der Waals surface area (Å²) in [5.74, 6) is -1.98. The van der Waals surface area contributed by atoms with Crippen LogP contribution in [0, 0.1) is 25.7 Å². The van der Waals surface area contributed by atoms with Crippen molar-refractivity contribution >= 4 is 39.3 Å². The maximum absolute atomic E-state index is 13.9. The van der Waals surface area contributed by atoms with Crippen LogP contribution in [0.1, 0.15) is 50.2 Å². The van der Waals surface area contributed by atoms with Crippen LogP contribution in [-0.2, 0) is 19.1 Å². The number of likely N-dealkylation sites (tertiary alicyclic amines) is 1. The van der Waals surface area contributed by atoms with Gasteiger partial charge in [0.05, 0.1) is 17.9 Å². The van der Waals surface area contributed by atoms with Gasteiger partial charge in [0.15, 0.2) is 0 Å². The number of hydrogen-bond acceptors (Lipinski definition) is 5. The molecule has 192 valence electrons. The number of unbranched alkanes of at least 4 members (excludes halogenated alkanes) is 2. The van der Waals surface area contributed by atoms with Crippen LogP contribution >= 0.6 is 15.9 Å². The minimum Gasteiger partial charge on any atom is -0.396 e. The fourth-order valence-electron chi connectivity index (χ4n) is 5.98. The largest absolute Gasteiger partial charge is 0.396 e. The van der Waals surface area contributed by atoms with Crippen molar-refractivity contribution in [2.45, 2.75) is 75.4 Å². The average Bonchev–Trinajstić information content (AvgIpc) is 3.41. The summed E-state index contributed by atoms with van der Waals surface area (Å²) in [5.41, 5.74) is 1.62. The zero-order valence-corrected chi connectivity index (χ0v) is 22.3. The van der Waals surface area contributed by atoms with E-state index in [0.717, 1.165) is 24.0 Å². The first-order valence-corrected chi connectivity index (χ1v) is 13.6. The Hall–Kier alpha value is -1.97. The molecule has 3 amide bonds. The molecule has 35 heavy (non-hydrogen) atoms. The molecule has 8 nitrogen and oxygen atoms in total. The van der Waals surface area contributed by atoms with Gasteiger partial charge in [0.25, 0.3) is 0 Å². The predicted octanol–water partition coefficient (Wildman–Crippen LogP) is 2.68. The number of rotatable bonds is 10. The lowest BCUT2D eigenvalue weighted by Crippen LogP contribution is -2.54. The topological polar surface area (TPSA) is 108 Å². The third-order valence-electron chi connectivity index (χ3n) is 7.60. The maximum atomic E-state index is 13.9. The summed E-state index contributed by atoms with van der Waals surface area (Å²) in [6, 6.07) is 5.04. The van der Waals surface area contributed by atoms with Crippen molar-refractivity contribution in [2.24, 2.45) is 11.8 Å². The number of carbonyl (C=O) groups excluding carboxylic acids is 3. The number of aliphatic hydroxyl groups excluding tert-OH is 1. The second-order valence-corrected chi connectivity index (χ2v) is 11.3. The van der Waals surface area contributed by atoms with E-state index in [0.29, 0.717) is 38.0 Å². The minimum atomic E-state index is -1.05. The number of hydrogen-bond donors (Lipinski definition) is 3. The fourth-order valence-corrected chi connectivity index (χ4v) is 6.92. The van der Waals surface area contributed by atoms with Crippen molar-refractivity contribution in [3.05, 3.63) is 29.3 Å². The quantitative estimate of drug-likeness (QED) is 0.307. The number of aryl methyl sites for hydroxylation is 2. The van der Waals surface area contributed by atoms with E-state index in [1.807, 2.05) is 39.0 Å². The number of alkyl halides is 1. The van der Waals surface area contributed by atoms with E-state index in [4.69, 9.17) is 9.84 Å². The average molecular weight is 550 g/mol. The van der Waals surface area contributed by atoms with E-state index in [2.05, 4.69) is 26.6 Å². The van der Waals surface area contributed by atoms with Gasteiger partial charge in [0, 0.05) is 30.2 Å². The van der Waals surface area contributed by atoms with Crippen LogP contribution in [0.5, 0.6) is 0 Å². The molecule has 3 N–H and O–H groups in total. The van der Waals surface area contributed by atoms with Crippen molar-refractivity contribution in [1.82, 2.24) is 10.2 Å². The summed E-state index contributed by atoms with van der Waals surface area (Å²) in [6.45, 7) is 6.88. The number of benzene rings is 1. The zero-order chi connectivity index (χ0) is 25.3. The van der Waals surface area contributed by atoms with Gasteiger partial charge < -0.3 is 25.4 Å². The first-order valence-electron chi connectivity index (χ1n) is 12.6. The fraction of sp³-hybridized carbons (Fsp3) is 0.654. The Bertz CT molecular complexity index is 988. The van der Waals surface area contributed by atoms with Crippen LogP contribution in [0.15, 0.2) is 18.2 Å². The lowest BCUT2D eigenvalue weighted by Gasteiger charge is -2.34. The third kappa shape index (κ3) is 4.62. The van der Waals surface area contributed by atoms with Crippen LogP contribution in [0.2, 0.25) is 0 Å². The molecule has 0 radical (unpaired) electrons. The highest BCUT2D eigenvalue weighted by atomic mass is 79.9. The van der Waals surface area contributed by atoms with Crippen molar-refractivity contribution in [1.29, 1.82) is 0 Å². The second-order valence-electron chi connectivity index (χ2n) is 10.1. The number of nitrogens with zero attached hydrogens (tertiary/aromatic N) is 1. The predicted molar refractivity (Wildman–Crippen MR) is 136 cm³/mol. The first kappa shape index (κ1) is 26.1. The summed E-state index contributed by atoms with van der Waals surface area (Å²) in [5, 5.41) is 15.2. The maximum Gasteiger partial charge on any atom is 0.250 e. The molecular weight excluding hydrogens is 514 g/mol. The number of ether oxygens (including phenoxy) is 1. The van der Waals surface area contributed by atoms with Crippen molar-refractivity contribution in [3.8, 4) is 0 Å². The molecule has 1 spiro atoms. The van der Waals surface area contributed by atoms with E-state index in [-0.39, 0.29) is 29.2 Å². The van der Waals surface area contributed by atoms with E-state index in [1.165, 1.54) is 0 Å². The summed E-state index contributed by atoms with van der Waals surface area (Å²) >= 11 is 3.69. The molecule has 4 rings (SSSR count). The van der Waals surface area contributed by atoms with Gasteiger partial charge in [-0.3, -0.25) is 14.4 Å². The Morgan fingerprint density at radius 3 is 2.71 bits per heavy atom. The smallest absolute Gasteiger partial charge is 0.250 e. The highest BCUT2D eigenvalue weighted by molar-refractivity contribution is 9.09. The normalized spacial score (nSPS) is 31.1. The molecule has 3 heterocycles. The van der Waals surface area contributed by atoms with Crippen LogP contribution in [-0.4, -0.2) is 70.0 Å².